The topological polar surface area (TPSA) is 67.6 Å². The molecule has 0 saturated carbocycles. The first kappa shape index (κ1) is 13.2. The molecule has 4 rings (SSSR count). The fourth-order valence-corrected chi connectivity index (χ4v) is 3.39. The van der Waals surface area contributed by atoms with Gasteiger partial charge in [-0.15, -0.1) is 0 Å². The maximum atomic E-state index is 12.5. The SMILES string of the molecule is Cc1ccc(N)c(C23OCCN2C(=O)Nc2ccccc23)c1. The number of benzene rings is 2. The summed E-state index contributed by atoms with van der Waals surface area (Å²) in [6.45, 7) is 3.02. The number of nitrogen functional groups attached to an aromatic ring is 1. The fourth-order valence-electron chi connectivity index (χ4n) is 3.39. The number of fused-ring (bicyclic) bond motifs is 3. The average molecular weight is 295 g/mol. The van der Waals surface area contributed by atoms with Gasteiger partial charge in [-0.2, -0.15) is 0 Å². The van der Waals surface area contributed by atoms with Crippen LogP contribution < -0.4 is 11.1 Å². The van der Waals surface area contributed by atoms with Gasteiger partial charge in [0, 0.05) is 23.4 Å². The quantitative estimate of drug-likeness (QED) is 0.795. The van der Waals surface area contributed by atoms with Gasteiger partial charge in [0.1, 0.15) is 0 Å². The molecule has 112 valence electrons. The number of amides is 2. The molecule has 2 aromatic carbocycles. The van der Waals surface area contributed by atoms with Crippen molar-refractivity contribution in [2.75, 3.05) is 24.2 Å². The van der Waals surface area contributed by atoms with Gasteiger partial charge in [0.25, 0.3) is 0 Å². The highest BCUT2D eigenvalue weighted by molar-refractivity contribution is 5.94. The van der Waals surface area contributed by atoms with Gasteiger partial charge < -0.3 is 15.8 Å². The van der Waals surface area contributed by atoms with Crippen molar-refractivity contribution in [1.29, 1.82) is 0 Å². The van der Waals surface area contributed by atoms with Crippen molar-refractivity contribution < 1.29 is 9.53 Å². The molecule has 2 aliphatic rings. The summed E-state index contributed by atoms with van der Waals surface area (Å²) in [5, 5.41) is 2.93. The molecule has 0 bridgehead atoms. The van der Waals surface area contributed by atoms with E-state index in [0.717, 1.165) is 22.4 Å². The van der Waals surface area contributed by atoms with Crippen molar-refractivity contribution in [3.8, 4) is 0 Å². The highest BCUT2D eigenvalue weighted by atomic mass is 16.5. The first-order valence-corrected chi connectivity index (χ1v) is 7.31. The van der Waals surface area contributed by atoms with E-state index in [9.17, 15) is 4.79 Å². The van der Waals surface area contributed by atoms with Crippen LogP contribution in [0.4, 0.5) is 16.2 Å². The summed E-state index contributed by atoms with van der Waals surface area (Å²) in [4.78, 5) is 14.2. The second-order valence-electron chi connectivity index (χ2n) is 5.71. The molecule has 2 heterocycles. The number of nitrogens with zero attached hydrogens (tertiary/aromatic N) is 1. The normalized spacial score (nSPS) is 23.0. The zero-order chi connectivity index (χ0) is 15.3. The minimum absolute atomic E-state index is 0.155. The van der Waals surface area contributed by atoms with Gasteiger partial charge in [-0.1, -0.05) is 29.8 Å². The molecule has 1 saturated heterocycles. The van der Waals surface area contributed by atoms with Gasteiger partial charge in [-0.25, -0.2) is 4.79 Å². The number of rotatable bonds is 1. The summed E-state index contributed by atoms with van der Waals surface area (Å²) >= 11 is 0. The Bertz CT molecular complexity index is 774. The number of hydrogen-bond donors (Lipinski definition) is 2. The summed E-state index contributed by atoms with van der Waals surface area (Å²) in [5.41, 5.74) is 9.52. The molecule has 5 nitrogen and oxygen atoms in total. The van der Waals surface area contributed by atoms with Gasteiger partial charge in [-0.3, -0.25) is 4.90 Å². The van der Waals surface area contributed by atoms with E-state index in [4.69, 9.17) is 10.5 Å². The predicted octanol–water partition coefficient (Wildman–Crippen LogP) is 2.66. The van der Waals surface area contributed by atoms with Gasteiger partial charge >= 0.3 is 6.03 Å². The van der Waals surface area contributed by atoms with Crippen LogP contribution in [0.25, 0.3) is 0 Å². The van der Waals surface area contributed by atoms with Crippen molar-refractivity contribution in [3.63, 3.8) is 0 Å². The van der Waals surface area contributed by atoms with Crippen LogP contribution in [0.5, 0.6) is 0 Å². The zero-order valence-electron chi connectivity index (χ0n) is 12.3. The third-order valence-electron chi connectivity index (χ3n) is 4.36. The summed E-state index contributed by atoms with van der Waals surface area (Å²) in [6.07, 6.45) is 0. The number of anilines is 2. The van der Waals surface area contributed by atoms with Crippen molar-refractivity contribution in [2.45, 2.75) is 12.6 Å². The standard InChI is InChI=1S/C17H17N3O2/c1-11-6-7-14(18)13(10-11)17-12-4-2-3-5-15(12)19-16(21)20(17)8-9-22-17/h2-7,10H,8-9,18H2,1H3,(H,19,21). The van der Waals surface area contributed by atoms with Crippen molar-refractivity contribution in [1.82, 2.24) is 4.90 Å². The monoisotopic (exact) mass is 295 g/mol. The molecule has 2 amide bonds. The number of para-hydroxylation sites is 1. The molecule has 5 heteroatoms. The Kier molecular flexibility index (Phi) is 2.68. The molecule has 0 radical (unpaired) electrons. The maximum Gasteiger partial charge on any atom is 0.324 e. The van der Waals surface area contributed by atoms with E-state index in [-0.39, 0.29) is 6.03 Å². The molecular weight excluding hydrogens is 278 g/mol. The van der Waals surface area contributed by atoms with E-state index in [2.05, 4.69) is 5.32 Å². The van der Waals surface area contributed by atoms with E-state index in [0.29, 0.717) is 18.8 Å². The number of hydrogen-bond acceptors (Lipinski definition) is 3. The third kappa shape index (κ3) is 1.60. The van der Waals surface area contributed by atoms with Crippen molar-refractivity contribution in [2.24, 2.45) is 0 Å². The first-order valence-electron chi connectivity index (χ1n) is 7.31. The number of carbonyl (C=O) groups excluding carboxylic acids is 1. The molecule has 1 atom stereocenters. The highest BCUT2D eigenvalue weighted by Crippen LogP contribution is 2.48. The second-order valence-corrected chi connectivity index (χ2v) is 5.71. The molecule has 1 unspecified atom stereocenters. The Hall–Kier alpha value is -2.53. The molecular formula is C17H17N3O2. The number of ether oxygens (including phenoxy) is 1. The number of nitrogens with two attached hydrogens (primary N) is 1. The van der Waals surface area contributed by atoms with Gasteiger partial charge in [0.05, 0.1) is 12.3 Å². The van der Waals surface area contributed by atoms with E-state index in [1.54, 1.807) is 4.90 Å². The Labute approximate surface area is 128 Å². The lowest BCUT2D eigenvalue weighted by molar-refractivity contribution is -0.0320. The van der Waals surface area contributed by atoms with Crippen LogP contribution in [0.2, 0.25) is 0 Å². The molecule has 2 aliphatic heterocycles. The molecule has 1 fully saturated rings. The van der Waals surface area contributed by atoms with Crippen LogP contribution in [0.3, 0.4) is 0 Å². The second kappa shape index (κ2) is 4.48. The highest BCUT2D eigenvalue weighted by Gasteiger charge is 2.53. The van der Waals surface area contributed by atoms with E-state index in [1.807, 2.05) is 49.4 Å². The number of carbonyl (C=O) groups is 1. The van der Waals surface area contributed by atoms with Crippen LogP contribution in [0.1, 0.15) is 16.7 Å². The Balaban J connectivity index is 2.05. The van der Waals surface area contributed by atoms with Crippen LogP contribution >= 0.6 is 0 Å². The maximum absolute atomic E-state index is 12.5. The smallest absolute Gasteiger partial charge is 0.324 e. The third-order valence-corrected chi connectivity index (χ3v) is 4.36. The van der Waals surface area contributed by atoms with Crippen LogP contribution in [-0.2, 0) is 10.5 Å². The lowest BCUT2D eigenvalue weighted by Gasteiger charge is -2.42. The van der Waals surface area contributed by atoms with Crippen LogP contribution in [0, 0.1) is 6.92 Å². The van der Waals surface area contributed by atoms with Crippen molar-refractivity contribution in [3.05, 3.63) is 59.2 Å². The van der Waals surface area contributed by atoms with Crippen LogP contribution in [0.15, 0.2) is 42.5 Å². The first-order chi connectivity index (χ1) is 10.6. The van der Waals surface area contributed by atoms with E-state index >= 15 is 0 Å². The Morgan fingerprint density at radius 1 is 1.23 bits per heavy atom. The van der Waals surface area contributed by atoms with E-state index < -0.39 is 5.72 Å². The molecule has 0 aliphatic carbocycles. The van der Waals surface area contributed by atoms with Gasteiger partial charge in [0.15, 0.2) is 0 Å². The summed E-state index contributed by atoms with van der Waals surface area (Å²) in [5.74, 6) is 0. The number of nitrogens with one attached hydrogen (secondary N) is 1. The predicted molar refractivity (Wildman–Crippen MR) is 84.5 cm³/mol. The Morgan fingerprint density at radius 2 is 2.05 bits per heavy atom. The number of urea groups is 1. The molecule has 22 heavy (non-hydrogen) atoms. The number of aryl methyl sites for hydroxylation is 1. The zero-order valence-corrected chi connectivity index (χ0v) is 12.3. The minimum atomic E-state index is -0.935. The Morgan fingerprint density at radius 3 is 2.91 bits per heavy atom. The van der Waals surface area contributed by atoms with Crippen LogP contribution in [-0.4, -0.2) is 24.1 Å². The minimum Gasteiger partial charge on any atom is -0.398 e. The summed E-state index contributed by atoms with van der Waals surface area (Å²) in [6, 6.07) is 13.4. The molecule has 2 aromatic rings. The molecule has 3 N–H and O–H groups in total. The molecule has 0 spiro atoms. The lowest BCUT2D eigenvalue weighted by Crippen LogP contribution is -2.52. The largest absolute Gasteiger partial charge is 0.398 e. The average Bonchev–Trinajstić information content (AvgIpc) is 2.96. The van der Waals surface area contributed by atoms with Crippen molar-refractivity contribution >= 4 is 17.4 Å². The fraction of sp³-hybridized carbons (Fsp3) is 0.235. The van der Waals surface area contributed by atoms with Gasteiger partial charge in [0.2, 0.25) is 5.72 Å². The lowest BCUT2D eigenvalue weighted by atomic mass is 9.88. The summed E-state index contributed by atoms with van der Waals surface area (Å²) < 4.78 is 6.15. The summed E-state index contributed by atoms with van der Waals surface area (Å²) in [7, 11) is 0. The molecule has 0 aromatic heterocycles. The van der Waals surface area contributed by atoms with E-state index in [1.165, 1.54) is 0 Å². The van der Waals surface area contributed by atoms with Gasteiger partial charge in [-0.05, 0) is 25.1 Å².